The van der Waals surface area contributed by atoms with Gasteiger partial charge in [-0.25, -0.2) is 4.79 Å². The summed E-state index contributed by atoms with van der Waals surface area (Å²) in [6.45, 7) is 2.75. The number of fused-ring (bicyclic) bond motifs is 3. The summed E-state index contributed by atoms with van der Waals surface area (Å²) in [5.74, 6) is -1.02. The van der Waals surface area contributed by atoms with Crippen molar-refractivity contribution in [1.29, 1.82) is 0 Å². The number of nitrogens with one attached hydrogen (secondary N) is 2. The number of carboxylic acid groups (broad SMARTS) is 1. The summed E-state index contributed by atoms with van der Waals surface area (Å²) in [5, 5.41) is 14.3. The fourth-order valence-corrected chi connectivity index (χ4v) is 4.55. The average Bonchev–Trinajstić information content (AvgIpc) is 3.18. The first kappa shape index (κ1) is 26.3. The molecule has 2 amide bonds. The molecule has 0 aliphatic heterocycles. The number of hydrogen-bond donors (Lipinski definition) is 3. The van der Waals surface area contributed by atoms with Gasteiger partial charge in [0.1, 0.15) is 12.6 Å². The molecule has 0 spiro atoms. The Bertz CT molecular complexity index is 961. The molecule has 1 aliphatic carbocycles. The van der Waals surface area contributed by atoms with E-state index >= 15 is 0 Å². The number of benzene rings is 2. The van der Waals surface area contributed by atoms with Crippen LogP contribution in [-0.4, -0.2) is 42.3 Å². The molecule has 0 heterocycles. The van der Waals surface area contributed by atoms with Crippen molar-refractivity contribution in [2.75, 3.05) is 13.2 Å². The Morgan fingerprint density at radius 1 is 0.914 bits per heavy atom. The van der Waals surface area contributed by atoms with Crippen molar-refractivity contribution in [3.05, 3.63) is 59.7 Å². The zero-order valence-electron chi connectivity index (χ0n) is 20.4. The highest BCUT2D eigenvalue weighted by Crippen LogP contribution is 2.44. The molecule has 188 valence electrons. The summed E-state index contributed by atoms with van der Waals surface area (Å²) in [6.07, 6.45) is 4.96. The molecule has 35 heavy (non-hydrogen) atoms. The predicted molar refractivity (Wildman–Crippen MR) is 135 cm³/mol. The Morgan fingerprint density at radius 2 is 1.54 bits per heavy atom. The molecule has 0 unspecified atom stereocenters. The van der Waals surface area contributed by atoms with Gasteiger partial charge in [0.2, 0.25) is 5.91 Å². The van der Waals surface area contributed by atoms with E-state index in [-0.39, 0.29) is 24.9 Å². The van der Waals surface area contributed by atoms with E-state index in [1.165, 1.54) is 11.1 Å². The van der Waals surface area contributed by atoms with Crippen LogP contribution in [0.5, 0.6) is 0 Å². The van der Waals surface area contributed by atoms with Gasteiger partial charge in [-0.15, -0.1) is 0 Å². The van der Waals surface area contributed by atoms with E-state index < -0.39 is 18.1 Å². The molecular formula is C28H36N2O5. The maximum atomic E-state index is 12.7. The lowest BCUT2D eigenvalue weighted by atomic mass is 9.98. The first-order valence-electron chi connectivity index (χ1n) is 12.6. The average molecular weight is 481 g/mol. The molecule has 7 heteroatoms. The predicted octanol–water partition coefficient (Wildman–Crippen LogP) is 5.24. The maximum Gasteiger partial charge on any atom is 0.407 e. The number of amides is 2. The number of carboxylic acids is 1. The molecule has 0 saturated carbocycles. The normalized spacial score (nSPS) is 12.9. The van der Waals surface area contributed by atoms with Crippen molar-refractivity contribution in [2.45, 2.75) is 70.3 Å². The molecule has 0 fully saturated rings. The minimum absolute atomic E-state index is 0.0304. The van der Waals surface area contributed by atoms with E-state index in [0.717, 1.165) is 43.2 Å². The van der Waals surface area contributed by atoms with Crippen molar-refractivity contribution in [2.24, 2.45) is 0 Å². The van der Waals surface area contributed by atoms with Crippen LogP contribution in [0.25, 0.3) is 11.1 Å². The maximum absolute atomic E-state index is 12.7. The number of carbonyl (C=O) groups excluding carboxylic acids is 2. The SMILES string of the molecule is CCCC[C@H](NC(=O)OCC1c2ccccc2-c2ccccc21)C(=O)NCCCCCCC(=O)O. The number of carbonyl (C=O) groups is 3. The van der Waals surface area contributed by atoms with Crippen LogP contribution in [0.15, 0.2) is 48.5 Å². The first-order chi connectivity index (χ1) is 17.0. The van der Waals surface area contributed by atoms with Gasteiger partial charge in [0, 0.05) is 18.9 Å². The fraction of sp³-hybridized carbons (Fsp3) is 0.464. The summed E-state index contributed by atoms with van der Waals surface area (Å²) in [7, 11) is 0. The Labute approximate surface area is 207 Å². The lowest BCUT2D eigenvalue weighted by Crippen LogP contribution is -2.47. The van der Waals surface area contributed by atoms with Crippen molar-refractivity contribution in [3.8, 4) is 11.1 Å². The second kappa shape index (κ2) is 13.5. The summed E-state index contributed by atoms with van der Waals surface area (Å²) in [4.78, 5) is 35.9. The smallest absolute Gasteiger partial charge is 0.407 e. The van der Waals surface area contributed by atoms with Crippen LogP contribution in [0.4, 0.5) is 4.79 Å². The zero-order valence-corrected chi connectivity index (χ0v) is 20.4. The van der Waals surface area contributed by atoms with Crippen molar-refractivity contribution in [3.63, 3.8) is 0 Å². The summed E-state index contributed by atoms with van der Waals surface area (Å²) < 4.78 is 5.61. The van der Waals surface area contributed by atoms with Gasteiger partial charge in [-0.3, -0.25) is 9.59 Å². The van der Waals surface area contributed by atoms with Crippen LogP contribution in [0.2, 0.25) is 0 Å². The molecule has 0 radical (unpaired) electrons. The van der Waals surface area contributed by atoms with Crippen LogP contribution in [0, 0.1) is 0 Å². The molecule has 7 nitrogen and oxygen atoms in total. The van der Waals surface area contributed by atoms with Gasteiger partial charge >= 0.3 is 12.1 Å². The van der Waals surface area contributed by atoms with Crippen LogP contribution in [-0.2, 0) is 14.3 Å². The molecule has 0 saturated heterocycles. The van der Waals surface area contributed by atoms with E-state index in [1.807, 2.05) is 31.2 Å². The summed E-state index contributed by atoms with van der Waals surface area (Å²) >= 11 is 0. The van der Waals surface area contributed by atoms with Gasteiger partial charge in [0.25, 0.3) is 0 Å². The summed E-state index contributed by atoms with van der Waals surface area (Å²) in [5.41, 5.74) is 4.62. The van der Waals surface area contributed by atoms with E-state index in [4.69, 9.17) is 9.84 Å². The third kappa shape index (κ3) is 7.57. The molecule has 2 aromatic rings. The van der Waals surface area contributed by atoms with E-state index in [9.17, 15) is 14.4 Å². The number of alkyl carbamates (subject to hydrolysis) is 1. The van der Waals surface area contributed by atoms with Crippen molar-refractivity contribution < 1.29 is 24.2 Å². The minimum Gasteiger partial charge on any atom is -0.481 e. The van der Waals surface area contributed by atoms with Crippen molar-refractivity contribution in [1.82, 2.24) is 10.6 Å². The molecule has 0 bridgehead atoms. The summed E-state index contributed by atoms with van der Waals surface area (Å²) in [6, 6.07) is 15.7. The van der Waals surface area contributed by atoms with Crippen LogP contribution >= 0.6 is 0 Å². The third-order valence-corrected chi connectivity index (χ3v) is 6.42. The van der Waals surface area contributed by atoms with E-state index in [1.54, 1.807) is 0 Å². The Morgan fingerprint density at radius 3 is 2.17 bits per heavy atom. The van der Waals surface area contributed by atoms with Gasteiger partial charge < -0.3 is 20.5 Å². The fourth-order valence-electron chi connectivity index (χ4n) is 4.55. The molecular weight excluding hydrogens is 444 g/mol. The second-order valence-corrected chi connectivity index (χ2v) is 9.01. The lowest BCUT2D eigenvalue weighted by molar-refractivity contribution is -0.137. The second-order valence-electron chi connectivity index (χ2n) is 9.01. The highest BCUT2D eigenvalue weighted by molar-refractivity contribution is 5.85. The molecule has 3 N–H and O–H groups in total. The van der Waals surface area contributed by atoms with Crippen LogP contribution < -0.4 is 10.6 Å². The van der Waals surface area contributed by atoms with Gasteiger partial charge in [0.15, 0.2) is 0 Å². The Kier molecular flexibility index (Phi) is 10.1. The Balaban J connectivity index is 1.49. The van der Waals surface area contributed by atoms with Crippen LogP contribution in [0.3, 0.4) is 0 Å². The molecule has 1 atom stereocenters. The zero-order chi connectivity index (χ0) is 25.0. The quantitative estimate of drug-likeness (QED) is 0.321. The molecule has 1 aliphatic rings. The molecule has 2 aromatic carbocycles. The van der Waals surface area contributed by atoms with Gasteiger partial charge in [0.05, 0.1) is 0 Å². The number of unbranched alkanes of at least 4 members (excludes halogenated alkanes) is 4. The van der Waals surface area contributed by atoms with Gasteiger partial charge in [-0.2, -0.15) is 0 Å². The highest BCUT2D eigenvalue weighted by Gasteiger charge is 2.29. The number of rotatable bonds is 14. The third-order valence-electron chi connectivity index (χ3n) is 6.42. The van der Waals surface area contributed by atoms with Crippen LogP contribution in [0.1, 0.15) is 75.3 Å². The molecule has 0 aromatic heterocycles. The largest absolute Gasteiger partial charge is 0.481 e. The standard InChI is InChI=1S/C28H36N2O5/c1-2-3-16-25(27(33)29-18-11-5-4-6-17-26(31)32)30-28(34)35-19-24-22-14-9-7-12-20(22)21-13-8-10-15-23(21)24/h7-10,12-15,24-25H,2-6,11,16-19H2,1H3,(H,29,33)(H,30,34)(H,31,32)/t25-/m0/s1. The topological polar surface area (TPSA) is 105 Å². The minimum atomic E-state index is -0.781. The number of hydrogen-bond acceptors (Lipinski definition) is 4. The number of ether oxygens (including phenoxy) is 1. The number of aliphatic carboxylic acids is 1. The van der Waals surface area contributed by atoms with Gasteiger partial charge in [-0.05, 0) is 41.5 Å². The Hall–Kier alpha value is -3.35. The van der Waals surface area contributed by atoms with Gasteiger partial charge in [-0.1, -0.05) is 81.1 Å². The lowest BCUT2D eigenvalue weighted by Gasteiger charge is -2.19. The molecule has 3 rings (SSSR count). The van der Waals surface area contributed by atoms with E-state index in [2.05, 4.69) is 34.9 Å². The van der Waals surface area contributed by atoms with Crippen molar-refractivity contribution >= 4 is 18.0 Å². The highest BCUT2D eigenvalue weighted by atomic mass is 16.5. The monoisotopic (exact) mass is 480 g/mol. The first-order valence-corrected chi connectivity index (χ1v) is 12.6. The van der Waals surface area contributed by atoms with E-state index in [0.29, 0.717) is 19.4 Å².